The van der Waals surface area contributed by atoms with E-state index in [-0.39, 0.29) is 0 Å². The largest absolute Gasteiger partial charge is 0.461 e. The van der Waals surface area contributed by atoms with E-state index in [9.17, 15) is 0 Å². The standard InChI is InChI=1S/C14H16N8O/c1-21-8-9-11(19-21)18-14(16-6-3-5-15)22-13(9)17-12(20-22)10-4-2-7-23-10/h2,4,7-8H,3,5-6,15H2,1H3,(H,16,18,19). The molecule has 4 aromatic rings. The van der Waals surface area contributed by atoms with Crippen molar-refractivity contribution in [1.82, 2.24) is 29.4 Å². The van der Waals surface area contributed by atoms with Crippen molar-refractivity contribution in [3.63, 3.8) is 0 Å². The predicted octanol–water partition coefficient (Wildman–Crippen LogP) is 1.03. The number of aromatic nitrogens is 6. The summed E-state index contributed by atoms with van der Waals surface area (Å²) in [6.07, 6.45) is 4.31. The average Bonchev–Trinajstić information content (AvgIpc) is 3.24. The van der Waals surface area contributed by atoms with Crippen molar-refractivity contribution >= 4 is 22.6 Å². The Morgan fingerprint density at radius 3 is 3.00 bits per heavy atom. The minimum atomic E-state index is 0.509. The summed E-state index contributed by atoms with van der Waals surface area (Å²) in [4.78, 5) is 9.12. The fourth-order valence-electron chi connectivity index (χ4n) is 2.43. The third kappa shape index (κ3) is 2.30. The molecule has 4 aromatic heterocycles. The highest BCUT2D eigenvalue weighted by Gasteiger charge is 2.17. The number of hydrogen-bond donors (Lipinski definition) is 2. The van der Waals surface area contributed by atoms with E-state index in [1.165, 1.54) is 0 Å². The highest BCUT2D eigenvalue weighted by Crippen LogP contribution is 2.23. The van der Waals surface area contributed by atoms with Gasteiger partial charge in [-0.1, -0.05) is 0 Å². The molecule has 9 nitrogen and oxygen atoms in total. The van der Waals surface area contributed by atoms with Crippen molar-refractivity contribution in [1.29, 1.82) is 0 Å². The molecular formula is C14H16N8O. The summed E-state index contributed by atoms with van der Waals surface area (Å²) in [5.41, 5.74) is 6.85. The summed E-state index contributed by atoms with van der Waals surface area (Å²) in [5.74, 6) is 1.71. The van der Waals surface area contributed by atoms with E-state index in [1.807, 2.05) is 19.3 Å². The lowest BCUT2D eigenvalue weighted by atomic mass is 10.4. The van der Waals surface area contributed by atoms with Gasteiger partial charge in [-0.05, 0) is 25.1 Å². The average molecular weight is 312 g/mol. The van der Waals surface area contributed by atoms with Crippen LogP contribution in [-0.2, 0) is 7.05 Å². The van der Waals surface area contributed by atoms with E-state index >= 15 is 0 Å². The quantitative estimate of drug-likeness (QED) is 0.529. The molecule has 0 spiro atoms. The molecule has 0 radical (unpaired) electrons. The molecule has 118 valence electrons. The Balaban J connectivity index is 1.91. The summed E-state index contributed by atoms with van der Waals surface area (Å²) in [5, 5.41) is 12.9. The molecule has 0 bridgehead atoms. The van der Waals surface area contributed by atoms with Crippen LogP contribution in [0.5, 0.6) is 0 Å². The zero-order chi connectivity index (χ0) is 15.8. The van der Waals surface area contributed by atoms with Crippen LogP contribution in [0.3, 0.4) is 0 Å². The van der Waals surface area contributed by atoms with E-state index in [0.29, 0.717) is 41.9 Å². The van der Waals surface area contributed by atoms with Crippen molar-refractivity contribution < 1.29 is 4.42 Å². The lowest BCUT2D eigenvalue weighted by Crippen LogP contribution is -2.12. The number of fused-ring (bicyclic) bond motifs is 3. The molecule has 0 atom stereocenters. The van der Waals surface area contributed by atoms with Crippen molar-refractivity contribution in [3.8, 4) is 11.6 Å². The molecule has 0 aliphatic carbocycles. The van der Waals surface area contributed by atoms with Gasteiger partial charge in [0.15, 0.2) is 17.1 Å². The molecule has 0 saturated heterocycles. The van der Waals surface area contributed by atoms with Gasteiger partial charge in [-0.2, -0.15) is 14.6 Å². The molecule has 0 saturated carbocycles. The van der Waals surface area contributed by atoms with Crippen molar-refractivity contribution in [3.05, 3.63) is 24.6 Å². The van der Waals surface area contributed by atoms with Gasteiger partial charge in [0.05, 0.1) is 11.6 Å². The maximum atomic E-state index is 5.54. The van der Waals surface area contributed by atoms with Crippen molar-refractivity contribution in [2.24, 2.45) is 12.8 Å². The second-order valence-corrected chi connectivity index (χ2v) is 5.19. The minimum Gasteiger partial charge on any atom is -0.461 e. The highest BCUT2D eigenvalue weighted by atomic mass is 16.3. The van der Waals surface area contributed by atoms with Gasteiger partial charge in [0.1, 0.15) is 0 Å². The van der Waals surface area contributed by atoms with E-state index < -0.39 is 0 Å². The first kappa shape index (κ1) is 13.7. The first-order valence-corrected chi connectivity index (χ1v) is 7.34. The summed E-state index contributed by atoms with van der Waals surface area (Å²) in [6.45, 7) is 1.31. The number of anilines is 1. The van der Waals surface area contributed by atoms with Crippen LogP contribution in [-0.4, -0.2) is 42.5 Å². The van der Waals surface area contributed by atoms with Gasteiger partial charge in [0, 0.05) is 19.8 Å². The summed E-state index contributed by atoms with van der Waals surface area (Å²) >= 11 is 0. The molecule has 0 aliphatic heterocycles. The van der Waals surface area contributed by atoms with Crippen LogP contribution in [0, 0.1) is 0 Å². The zero-order valence-corrected chi connectivity index (χ0v) is 12.6. The Morgan fingerprint density at radius 2 is 2.22 bits per heavy atom. The number of rotatable bonds is 5. The Kier molecular flexibility index (Phi) is 3.19. The van der Waals surface area contributed by atoms with Crippen molar-refractivity contribution in [2.45, 2.75) is 6.42 Å². The van der Waals surface area contributed by atoms with Gasteiger partial charge < -0.3 is 15.5 Å². The number of nitrogens with one attached hydrogen (secondary N) is 1. The Morgan fingerprint density at radius 1 is 1.30 bits per heavy atom. The van der Waals surface area contributed by atoms with Crippen LogP contribution in [0.1, 0.15) is 6.42 Å². The van der Waals surface area contributed by atoms with Crippen LogP contribution in [0.2, 0.25) is 0 Å². The Hall–Kier alpha value is -2.94. The monoisotopic (exact) mass is 312 g/mol. The van der Waals surface area contributed by atoms with Crippen LogP contribution in [0.25, 0.3) is 28.3 Å². The number of hydrogen-bond acceptors (Lipinski definition) is 7. The van der Waals surface area contributed by atoms with E-state index in [2.05, 4.69) is 25.5 Å². The topological polar surface area (TPSA) is 112 Å². The van der Waals surface area contributed by atoms with Crippen LogP contribution < -0.4 is 11.1 Å². The lowest BCUT2D eigenvalue weighted by Gasteiger charge is -2.05. The van der Waals surface area contributed by atoms with Crippen LogP contribution >= 0.6 is 0 Å². The maximum Gasteiger partial charge on any atom is 0.228 e. The van der Waals surface area contributed by atoms with Gasteiger partial charge in [0.2, 0.25) is 11.8 Å². The van der Waals surface area contributed by atoms with E-state index in [1.54, 1.807) is 21.5 Å². The number of aryl methyl sites for hydroxylation is 1. The smallest absolute Gasteiger partial charge is 0.228 e. The third-order valence-electron chi connectivity index (χ3n) is 3.48. The molecule has 3 N–H and O–H groups in total. The number of nitrogens with two attached hydrogens (primary N) is 1. The molecule has 4 heterocycles. The number of furan rings is 1. The fourth-order valence-corrected chi connectivity index (χ4v) is 2.43. The molecule has 0 aliphatic rings. The molecule has 4 rings (SSSR count). The Labute approximate surface area is 131 Å². The third-order valence-corrected chi connectivity index (χ3v) is 3.48. The molecule has 23 heavy (non-hydrogen) atoms. The molecule has 0 unspecified atom stereocenters. The molecular weight excluding hydrogens is 296 g/mol. The van der Waals surface area contributed by atoms with Crippen LogP contribution in [0.15, 0.2) is 29.0 Å². The molecule has 0 fully saturated rings. The SMILES string of the molecule is Cn1cc2c(nc(NCCCN)n3nc(-c4ccco4)nc23)n1. The van der Waals surface area contributed by atoms with Gasteiger partial charge >= 0.3 is 0 Å². The van der Waals surface area contributed by atoms with Gasteiger partial charge in [0.25, 0.3) is 0 Å². The van der Waals surface area contributed by atoms with E-state index in [4.69, 9.17) is 10.2 Å². The van der Waals surface area contributed by atoms with E-state index in [0.717, 1.165) is 11.8 Å². The first-order chi connectivity index (χ1) is 11.3. The van der Waals surface area contributed by atoms with Crippen molar-refractivity contribution in [2.75, 3.05) is 18.4 Å². The fraction of sp³-hybridized carbons (Fsp3) is 0.286. The second kappa shape index (κ2) is 5.36. The first-order valence-electron chi connectivity index (χ1n) is 7.34. The van der Waals surface area contributed by atoms with Crippen LogP contribution in [0.4, 0.5) is 5.95 Å². The Bertz CT molecular complexity index is 952. The summed E-state index contributed by atoms with van der Waals surface area (Å²) in [6, 6.07) is 3.63. The summed E-state index contributed by atoms with van der Waals surface area (Å²) < 4.78 is 8.78. The maximum absolute atomic E-state index is 5.54. The minimum absolute atomic E-state index is 0.509. The molecule has 0 aromatic carbocycles. The molecule has 0 amide bonds. The molecule has 9 heteroatoms. The predicted molar refractivity (Wildman–Crippen MR) is 84.9 cm³/mol. The highest BCUT2D eigenvalue weighted by molar-refractivity contribution is 5.90. The second-order valence-electron chi connectivity index (χ2n) is 5.19. The summed E-state index contributed by atoms with van der Waals surface area (Å²) in [7, 11) is 1.85. The number of nitrogens with zero attached hydrogens (tertiary/aromatic N) is 6. The lowest BCUT2D eigenvalue weighted by molar-refractivity contribution is 0.577. The normalized spacial score (nSPS) is 11.6. The van der Waals surface area contributed by atoms with Gasteiger partial charge in [-0.25, -0.2) is 4.98 Å². The zero-order valence-electron chi connectivity index (χ0n) is 12.6. The van der Waals surface area contributed by atoms with Gasteiger partial charge in [-0.3, -0.25) is 4.68 Å². The van der Waals surface area contributed by atoms with Gasteiger partial charge in [-0.15, -0.1) is 5.10 Å².